The van der Waals surface area contributed by atoms with Gasteiger partial charge in [-0.15, -0.1) is 0 Å². The molecule has 136 valence electrons. The minimum atomic E-state index is -0.0831. The van der Waals surface area contributed by atoms with Gasteiger partial charge in [-0.25, -0.2) is 0 Å². The molecular weight excluding hydrogens is 367 g/mol. The first-order chi connectivity index (χ1) is 12.5. The highest BCUT2D eigenvalue weighted by molar-refractivity contribution is 6.31. The molecule has 26 heavy (non-hydrogen) atoms. The summed E-state index contributed by atoms with van der Waals surface area (Å²) in [5.74, 6) is 0.552. The highest BCUT2D eigenvalue weighted by atomic mass is 35.5. The van der Waals surface area contributed by atoms with Crippen molar-refractivity contribution < 1.29 is 9.53 Å². The molecule has 4 heteroatoms. The maximum Gasteiger partial charge on any atom is 0.309 e. The van der Waals surface area contributed by atoms with Crippen LogP contribution in [0.4, 0.5) is 0 Å². The number of cyclic esters (lactones) is 1. The first-order valence-electron chi connectivity index (χ1n) is 9.17. The van der Waals surface area contributed by atoms with E-state index in [0.717, 1.165) is 28.5 Å². The lowest BCUT2D eigenvalue weighted by molar-refractivity contribution is -0.143. The van der Waals surface area contributed by atoms with E-state index in [0.29, 0.717) is 0 Å². The topological polar surface area (TPSA) is 26.3 Å². The van der Waals surface area contributed by atoms with Gasteiger partial charge in [0.2, 0.25) is 0 Å². The summed E-state index contributed by atoms with van der Waals surface area (Å²) in [5, 5.41) is 1.53. The molecule has 2 fully saturated rings. The molecule has 0 spiro atoms. The third kappa shape index (κ3) is 3.04. The third-order valence-electron chi connectivity index (χ3n) is 6.06. The van der Waals surface area contributed by atoms with Crippen molar-refractivity contribution >= 4 is 29.2 Å². The predicted octanol–water partition coefficient (Wildman–Crippen LogP) is 6.14. The number of carbonyl (C=O) groups excluding carboxylic acids is 1. The number of benzene rings is 2. The van der Waals surface area contributed by atoms with Gasteiger partial charge < -0.3 is 4.74 Å². The van der Waals surface area contributed by atoms with Crippen molar-refractivity contribution in [1.29, 1.82) is 0 Å². The SMILES string of the molecule is Cc1ccc(C2CCC3C(=O)OC(C)C3C2c2ccc(Cl)cc2)c(Cl)c1. The highest BCUT2D eigenvalue weighted by Gasteiger charge is 2.52. The normalized spacial score (nSPS) is 30.8. The minimum absolute atomic E-state index is 0.0221. The van der Waals surface area contributed by atoms with Crippen molar-refractivity contribution in [2.75, 3.05) is 0 Å². The molecule has 2 aromatic carbocycles. The Morgan fingerprint density at radius 1 is 1.00 bits per heavy atom. The summed E-state index contributed by atoms with van der Waals surface area (Å²) in [7, 11) is 0. The average Bonchev–Trinajstić information content (AvgIpc) is 2.90. The lowest BCUT2D eigenvalue weighted by Gasteiger charge is -2.40. The fraction of sp³-hybridized carbons (Fsp3) is 0.409. The van der Waals surface area contributed by atoms with Crippen LogP contribution in [-0.4, -0.2) is 12.1 Å². The molecule has 0 amide bonds. The van der Waals surface area contributed by atoms with Gasteiger partial charge in [-0.3, -0.25) is 4.79 Å². The van der Waals surface area contributed by atoms with E-state index in [4.69, 9.17) is 27.9 Å². The van der Waals surface area contributed by atoms with Crippen molar-refractivity contribution in [3.8, 4) is 0 Å². The van der Waals surface area contributed by atoms with Crippen molar-refractivity contribution in [2.45, 2.75) is 44.6 Å². The van der Waals surface area contributed by atoms with Gasteiger partial charge in [-0.05, 0) is 73.4 Å². The van der Waals surface area contributed by atoms with Gasteiger partial charge in [-0.2, -0.15) is 0 Å². The molecule has 4 rings (SSSR count). The molecule has 0 radical (unpaired) electrons. The molecule has 1 aliphatic carbocycles. The largest absolute Gasteiger partial charge is 0.462 e. The Hall–Kier alpha value is -1.51. The zero-order valence-electron chi connectivity index (χ0n) is 14.9. The lowest BCUT2D eigenvalue weighted by atomic mass is 9.62. The van der Waals surface area contributed by atoms with E-state index in [-0.39, 0.29) is 35.7 Å². The van der Waals surface area contributed by atoms with Gasteiger partial charge in [0, 0.05) is 16.0 Å². The van der Waals surface area contributed by atoms with Gasteiger partial charge in [0.15, 0.2) is 0 Å². The van der Waals surface area contributed by atoms with Crippen LogP contribution in [0, 0.1) is 18.8 Å². The number of esters is 1. The van der Waals surface area contributed by atoms with E-state index in [9.17, 15) is 4.79 Å². The molecule has 0 bridgehead atoms. The minimum Gasteiger partial charge on any atom is -0.462 e. The molecule has 0 N–H and O–H groups in total. The fourth-order valence-electron chi connectivity index (χ4n) is 4.91. The highest BCUT2D eigenvalue weighted by Crippen LogP contribution is 2.55. The summed E-state index contributed by atoms with van der Waals surface area (Å²) in [6, 6.07) is 14.3. The molecule has 0 aromatic heterocycles. The van der Waals surface area contributed by atoms with Crippen LogP contribution >= 0.6 is 23.2 Å². The standard InChI is InChI=1S/C22H22Cl2O2/c1-12-3-8-16(19(24)11-12)17-9-10-18-20(13(2)26-22(18)25)21(17)14-4-6-15(23)7-5-14/h3-8,11,13,17-18,20-21H,9-10H2,1-2H3. The second kappa shape index (κ2) is 6.90. The molecule has 5 unspecified atom stereocenters. The molecule has 2 aromatic rings. The molecule has 2 aliphatic rings. The zero-order valence-corrected chi connectivity index (χ0v) is 16.4. The van der Waals surface area contributed by atoms with Crippen LogP contribution < -0.4 is 0 Å². The summed E-state index contributed by atoms with van der Waals surface area (Å²) in [6.07, 6.45) is 1.70. The number of hydrogen-bond donors (Lipinski definition) is 0. The van der Waals surface area contributed by atoms with Crippen LogP contribution in [0.15, 0.2) is 42.5 Å². The van der Waals surface area contributed by atoms with E-state index in [1.807, 2.05) is 25.1 Å². The Morgan fingerprint density at radius 2 is 1.69 bits per heavy atom. The fourth-order valence-corrected chi connectivity index (χ4v) is 5.42. The van der Waals surface area contributed by atoms with Crippen LogP contribution in [0.1, 0.15) is 48.3 Å². The first-order valence-corrected chi connectivity index (χ1v) is 9.93. The van der Waals surface area contributed by atoms with Gasteiger partial charge >= 0.3 is 5.97 Å². The van der Waals surface area contributed by atoms with Crippen molar-refractivity contribution in [2.24, 2.45) is 11.8 Å². The quantitative estimate of drug-likeness (QED) is 0.577. The van der Waals surface area contributed by atoms with Crippen molar-refractivity contribution in [3.05, 3.63) is 69.2 Å². The van der Waals surface area contributed by atoms with Crippen LogP contribution in [0.2, 0.25) is 10.0 Å². The summed E-state index contributed by atoms with van der Waals surface area (Å²) in [5.41, 5.74) is 3.53. The second-order valence-corrected chi connectivity index (χ2v) is 8.46. The average molecular weight is 389 g/mol. The van der Waals surface area contributed by atoms with Gasteiger partial charge in [0.1, 0.15) is 6.10 Å². The second-order valence-electron chi connectivity index (χ2n) is 7.61. The Bertz CT molecular complexity index is 831. The van der Waals surface area contributed by atoms with Crippen molar-refractivity contribution in [3.63, 3.8) is 0 Å². The lowest BCUT2D eigenvalue weighted by Crippen LogP contribution is -2.35. The van der Waals surface area contributed by atoms with Gasteiger partial charge in [-0.1, -0.05) is 47.5 Å². The molecular formula is C22H22Cl2O2. The number of ether oxygens (including phenoxy) is 1. The number of rotatable bonds is 2. The van der Waals surface area contributed by atoms with Crippen LogP contribution in [0.3, 0.4) is 0 Å². The van der Waals surface area contributed by atoms with Crippen LogP contribution in [-0.2, 0) is 9.53 Å². The van der Waals surface area contributed by atoms with E-state index >= 15 is 0 Å². The summed E-state index contributed by atoms with van der Waals surface area (Å²) >= 11 is 12.7. The maximum absolute atomic E-state index is 12.3. The molecule has 5 atom stereocenters. The number of hydrogen-bond acceptors (Lipinski definition) is 2. The number of fused-ring (bicyclic) bond motifs is 1. The number of carbonyl (C=O) groups is 1. The predicted molar refractivity (Wildman–Crippen MR) is 105 cm³/mol. The smallest absolute Gasteiger partial charge is 0.309 e. The molecule has 1 saturated carbocycles. The van der Waals surface area contributed by atoms with Crippen molar-refractivity contribution in [1.82, 2.24) is 0 Å². The van der Waals surface area contributed by atoms with Crippen LogP contribution in [0.5, 0.6) is 0 Å². The molecule has 1 saturated heterocycles. The number of aryl methyl sites for hydroxylation is 1. The van der Waals surface area contributed by atoms with E-state index in [1.165, 1.54) is 11.1 Å². The molecule has 1 heterocycles. The Morgan fingerprint density at radius 3 is 2.38 bits per heavy atom. The summed E-state index contributed by atoms with van der Waals surface area (Å²) in [6.45, 7) is 4.07. The maximum atomic E-state index is 12.3. The third-order valence-corrected chi connectivity index (χ3v) is 6.64. The molecule has 1 aliphatic heterocycles. The Kier molecular flexibility index (Phi) is 4.75. The van der Waals surface area contributed by atoms with E-state index in [1.54, 1.807) is 0 Å². The Labute approximate surface area is 164 Å². The van der Waals surface area contributed by atoms with E-state index in [2.05, 4.69) is 31.2 Å². The molecule has 2 nitrogen and oxygen atoms in total. The summed E-state index contributed by atoms with van der Waals surface area (Å²) in [4.78, 5) is 12.3. The Balaban J connectivity index is 1.81. The van der Waals surface area contributed by atoms with Gasteiger partial charge in [0.25, 0.3) is 0 Å². The van der Waals surface area contributed by atoms with E-state index < -0.39 is 0 Å². The van der Waals surface area contributed by atoms with Gasteiger partial charge in [0.05, 0.1) is 5.92 Å². The number of halogens is 2. The summed E-state index contributed by atoms with van der Waals surface area (Å²) < 4.78 is 5.62. The zero-order chi connectivity index (χ0) is 18.4. The monoisotopic (exact) mass is 388 g/mol. The van der Waals surface area contributed by atoms with Crippen LogP contribution in [0.25, 0.3) is 0 Å². The first kappa shape index (κ1) is 17.9.